The molecule has 9 nitrogen and oxygen atoms in total. The van der Waals surface area contributed by atoms with Crippen LogP contribution in [0.4, 0.5) is 32.2 Å². The molecule has 0 saturated heterocycles. The second-order valence-electron chi connectivity index (χ2n) is 8.26. The number of halogens is 7. The zero-order valence-corrected chi connectivity index (χ0v) is 21.3. The normalized spacial score (nSPS) is 12.6. The number of hydrogen-bond donors (Lipinski definition) is 0. The zero-order chi connectivity index (χ0) is 28.5. The van der Waals surface area contributed by atoms with Crippen molar-refractivity contribution >= 4 is 21.7 Å². The first-order valence-corrected chi connectivity index (χ1v) is 11.8. The Morgan fingerprint density at radius 3 is 2.59 bits per heavy atom. The van der Waals surface area contributed by atoms with Crippen molar-refractivity contribution in [3.63, 3.8) is 0 Å². The lowest BCUT2D eigenvalue weighted by Crippen LogP contribution is -2.13. The van der Waals surface area contributed by atoms with Crippen LogP contribution in [0.3, 0.4) is 0 Å². The highest BCUT2D eigenvalue weighted by Gasteiger charge is 2.35. The van der Waals surface area contributed by atoms with E-state index in [1.165, 1.54) is 37.6 Å². The lowest BCUT2D eigenvalue weighted by Gasteiger charge is -2.19. The van der Waals surface area contributed by atoms with Crippen LogP contribution in [0.25, 0.3) is 5.69 Å². The molecule has 1 atom stereocenters. The molecule has 0 radical (unpaired) electrons. The molecular formula is C23H17BrF6N6O3. The molecule has 0 bridgehead atoms. The van der Waals surface area contributed by atoms with Crippen molar-refractivity contribution in [2.45, 2.75) is 38.6 Å². The minimum Gasteiger partial charge on any atom is -0.478 e. The molecule has 0 N–H and O–H groups in total. The van der Waals surface area contributed by atoms with Gasteiger partial charge in [-0.05, 0) is 62.6 Å². The molecule has 0 amide bonds. The molecule has 0 aliphatic heterocycles. The Bertz CT molecular complexity index is 1510. The van der Waals surface area contributed by atoms with Gasteiger partial charge in [0, 0.05) is 29.9 Å². The molecule has 0 saturated carbocycles. The van der Waals surface area contributed by atoms with Gasteiger partial charge in [0.05, 0.1) is 16.4 Å². The molecular weight excluding hydrogens is 602 g/mol. The summed E-state index contributed by atoms with van der Waals surface area (Å²) in [6.07, 6.45) is -5.12. The number of benzene rings is 1. The summed E-state index contributed by atoms with van der Waals surface area (Å²) in [6, 6.07) is 5.27. The van der Waals surface area contributed by atoms with E-state index in [4.69, 9.17) is 4.74 Å². The fourth-order valence-electron chi connectivity index (χ4n) is 3.78. The van der Waals surface area contributed by atoms with Crippen LogP contribution in [0, 0.1) is 15.9 Å². The van der Waals surface area contributed by atoms with Gasteiger partial charge in [0.1, 0.15) is 18.5 Å². The molecule has 39 heavy (non-hydrogen) atoms. The maximum absolute atomic E-state index is 14.3. The number of aromatic nitrogens is 5. The van der Waals surface area contributed by atoms with E-state index in [0.717, 1.165) is 27.6 Å². The standard InChI is InChI=1S/C23H17BrF6N6O3/c1-12(39-19-5-14(24)9-31-22(19)36(37)38)17-6-15(25)2-3-18(17)35-16(7-20(33-35)23(28,29)30)4-13-8-32-34(10-13)11-21(26)27/h2-3,5-10,12,21H,4,11H2,1H3. The van der Waals surface area contributed by atoms with Crippen LogP contribution in [0.2, 0.25) is 0 Å². The minimum absolute atomic E-state index is 0.0000173. The Hall–Kier alpha value is -3.95. The van der Waals surface area contributed by atoms with Gasteiger partial charge in [0.2, 0.25) is 5.75 Å². The fraction of sp³-hybridized carbons (Fsp3) is 0.261. The number of hydrogen-bond acceptors (Lipinski definition) is 6. The number of nitro groups is 1. The van der Waals surface area contributed by atoms with E-state index >= 15 is 0 Å². The van der Waals surface area contributed by atoms with Crippen LogP contribution in [0.5, 0.6) is 5.75 Å². The van der Waals surface area contributed by atoms with Crippen molar-refractivity contribution in [1.29, 1.82) is 0 Å². The van der Waals surface area contributed by atoms with Crippen LogP contribution < -0.4 is 4.74 Å². The Labute approximate surface area is 224 Å². The predicted molar refractivity (Wildman–Crippen MR) is 127 cm³/mol. The van der Waals surface area contributed by atoms with Crippen molar-refractivity contribution in [3.05, 3.63) is 91.8 Å². The summed E-state index contributed by atoms with van der Waals surface area (Å²) in [6.45, 7) is 0.728. The van der Waals surface area contributed by atoms with Crippen molar-refractivity contribution in [1.82, 2.24) is 24.5 Å². The Morgan fingerprint density at radius 2 is 1.92 bits per heavy atom. The van der Waals surface area contributed by atoms with Crippen LogP contribution in [-0.2, 0) is 19.1 Å². The quantitative estimate of drug-likeness (QED) is 0.124. The largest absolute Gasteiger partial charge is 0.478 e. The molecule has 16 heteroatoms. The van der Waals surface area contributed by atoms with Crippen LogP contribution >= 0.6 is 15.9 Å². The molecule has 3 heterocycles. The number of pyridine rings is 1. The monoisotopic (exact) mass is 618 g/mol. The van der Waals surface area contributed by atoms with E-state index in [0.29, 0.717) is 10.0 Å². The summed E-state index contributed by atoms with van der Waals surface area (Å²) in [7, 11) is 0. The summed E-state index contributed by atoms with van der Waals surface area (Å²) < 4.78 is 88.5. The maximum atomic E-state index is 14.3. The Balaban J connectivity index is 1.77. The van der Waals surface area contributed by atoms with Gasteiger partial charge in [-0.25, -0.2) is 17.9 Å². The lowest BCUT2D eigenvalue weighted by atomic mass is 10.1. The number of ether oxygens (including phenoxy) is 1. The van der Waals surface area contributed by atoms with Gasteiger partial charge in [0.15, 0.2) is 11.9 Å². The van der Waals surface area contributed by atoms with E-state index in [1.54, 1.807) is 0 Å². The second kappa shape index (κ2) is 11.0. The SMILES string of the molecule is CC(Oc1cc(Br)cnc1[N+](=O)[O-])c1cc(F)ccc1-n1nc(C(F)(F)F)cc1Cc1cnn(CC(F)F)c1. The highest BCUT2D eigenvalue weighted by Crippen LogP contribution is 2.35. The third kappa shape index (κ3) is 6.55. The first-order valence-electron chi connectivity index (χ1n) is 11.0. The van der Waals surface area contributed by atoms with Gasteiger partial charge in [-0.3, -0.25) is 4.68 Å². The number of nitrogens with zero attached hydrogens (tertiary/aromatic N) is 6. The highest BCUT2D eigenvalue weighted by molar-refractivity contribution is 9.10. The van der Waals surface area contributed by atoms with E-state index in [1.807, 2.05) is 0 Å². The van der Waals surface area contributed by atoms with Gasteiger partial charge in [-0.1, -0.05) is 0 Å². The molecule has 3 aromatic heterocycles. The van der Waals surface area contributed by atoms with E-state index < -0.39 is 47.5 Å². The number of alkyl halides is 5. The molecule has 206 valence electrons. The van der Waals surface area contributed by atoms with E-state index in [9.17, 15) is 36.5 Å². The van der Waals surface area contributed by atoms with Gasteiger partial charge < -0.3 is 14.9 Å². The fourth-order valence-corrected chi connectivity index (χ4v) is 4.09. The zero-order valence-electron chi connectivity index (χ0n) is 19.7. The summed E-state index contributed by atoms with van der Waals surface area (Å²) >= 11 is 3.14. The minimum atomic E-state index is -4.83. The third-order valence-corrected chi connectivity index (χ3v) is 5.84. The second-order valence-corrected chi connectivity index (χ2v) is 9.18. The van der Waals surface area contributed by atoms with Crippen molar-refractivity contribution in [3.8, 4) is 11.4 Å². The highest BCUT2D eigenvalue weighted by atomic mass is 79.9. The molecule has 1 unspecified atom stereocenters. The van der Waals surface area contributed by atoms with Gasteiger partial charge in [0.25, 0.3) is 6.43 Å². The van der Waals surface area contributed by atoms with Gasteiger partial charge >= 0.3 is 12.0 Å². The first kappa shape index (κ1) is 28.1. The van der Waals surface area contributed by atoms with Gasteiger partial charge in [-0.2, -0.15) is 23.4 Å². The number of rotatable bonds is 9. The van der Waals surface area contributed by atoms with E-state index in [-0.39, 0.29) is 29.1 Å². The maximum Gasteiger partial charge on any atom is 0.435 e. The summed E-state index contributed by atoms with van der Waals surface area (Å²) in [5.41, 5.74) is -0.896. The van der Waals surface area contributed by atoms with Crippen molar-refractivity contribution < 1.29 is 36.0 Å². The van der Waals surface area contributed by atoms with Crippen LogP contribution in [0.1, 0.15) is 35.5 Å². The summed E-state index contributed by atoms with van der Waals surface area (Å²) in [5, 5.41) is 18.9. The molecule has 0 aliphatic carbocycles. The molecule has 4 aromatic rings. The van der Waals surface area contributed by atoms with Gasteiger partial charge in [-0.15, -0.1) is 0 Å². The third-order valence-electron chi connectivity index (χ3n) is 5.40. The van der Waals surface area contributed by atoms with Crippen molar-refractivity contribution in [2.24, 2.45) is 0 Å². The van der Waals surface area contributed by atoms with Crippen LogP contribution in [-0.4, -0.2) is 35.9 Å². The van der Waals surface area contributed by atoms with Crippen molar-refractivity contribution in [2.75, 3.05) is 0 Å². The average Bonchev–Trinajstić information content (AvgIpc) is 3.45. The molecule has 0 aliphatic rings. The smallest absolute Gasteiger partial charge is 0.435 e. The average molecular weight is 619 g/mol. The summed E-state index contributed by atoms with van der Waals surface area (Å²) in [4.78, 5) is 14.3. The topological polar surface area (TPSA) is 101 Å². The Morgan fingerprint density at radius 1 is 1.18 bits per heavy atom. The lowest BCUT2D eigenvalue weighted by molar-refractivity contribution is -0.390. The van der Waals surface area contributed by atoms with Crippen LogP contribution in [0.15, 0.2) is 53.4 Å². The molecule has 0 spiro atoms. The predicted octanol–water partition coefficient (Wildman–Crippen LogP) is 6.29. The molecule has 0 fully saturated rings. The first-order chi connectivity index (χ1) is 18.3. The summed E-state index contributed by atoms with van der Waals surface area (Å²) in [5.74, 6) is -1.63. The molecule has 4 rings (SSSR count). The Kier molecular flexibility index (Phi) is 7.94. The van der Waals surface area contributed by atoms with E-state index in [2.05, 4.69) is 31.1 Å². The molecule has 1 aromatic carbocycles.